The second-order valence-electron chi connectivity index (χ2n) is 2.58. The normalized spacial score (nSPS) is 14.0. The number of hydrogen-bond donors (Lipinski definition) is 2. The minimum absolute atomic E-state index is 0.462. The highest BCUT2D eigenvalue weighted by Gasteiger charge is 2.14. The zero-order chi connectivity index (χ0) is 7.49. The molecule has 54 valence electrons. The van der Waals surface area contributed by atoms with E-state index in [0.29, 0.717) is 12.4 Å². The van der Waals surface area contributed by atoms with E-state index in [1.165, 1.54) is 0 Å². The first-order valence-electron chi connectivity index (χ1n) is 3.07. The van der Waals surface area contributed by atoms with Gasteiger partial charge in [0.25, 0.3) is 0 Å². The Bertz CT molecular complexity index is 110. The van der Waals surface area contributed by atoms with Crippen molar-refractivity contribution in [1.82, 2.24) is 0 Å². The van der Waals surface area contributed by atoms with Crippen LogP contribution in [0.4, 0.5) is 0 Å². The lowest BCUT2D eigenvalue weighted by atomic mass is 10.1. The lowest BCUT2D eigenvalue weighted by Gasteiger charge is -2.16. The van der Waals surface area contributed by atoms with Crippen molar-refractivity contribution in [2.45, 2.75) is 26.3 Å². The summed E-state index contributed by atoms with van der Waals surface area (Å²) in [6, 6.07) is 0. The molecule has 0 aromatic carbocycles. The van der Waals surface area contributed by atoms with Gasteiger partial charge in [-0.05, 0) is 20.8 Å². The Balaban J connectivity index is 4.03. The third-order valence-corrected chi connectivity index (χ3v) is 0.989. The average Bonchev–Trinajstić information content (AvgIpc) is 1.64. The van der Waals surface area contributed by atoms with Crippen LogP contribution in [0.1, 0.15) is 20.8 Å². The van der Waals surface area contributed by atoms with Gasteiger partial charge in [-0.1, -0.05) is 0 Å². The van der Waals surface area contributed by atoms with Crippen molar-refractivity contribution in [1.29, 1.82) is 0 Å². The molecule has 0 heterocycles. The first kappa shape index (κ1) is 8.43. The fourth-order valence-corrected chi connectivity index (χ4v) is 0.374. The van der Waals surface area contributed by atoms with Crippen LogP contribution in [0.3, 0.4) is 0 Å². The number of nitrogens with two attached hydrogens (primary N) is 2. The summed E-state index contributed by atoms with van der Waals surface area (Å²) >= 11 is 0. The summed E-state index contributed by atoms with van der Waals surface area (Å²) in [4.78, 5) is 3.97. The van der Waals surface area contributed by atoms with E-state index in [1.54, 1.807) is 0 Å². The quantitative estimate of drug-likeness (QED) is 0.410. The van der Waals surface area contributed by atoms with Crippen molar-refractivity contribution in [2.24, 2.45) is 16.5 Å². The second kappa shape index (κ2) is 2.82. The smallest absolute Gasteiger partial charge is 0.113 e. The minimum Gasteiger partial charge on any atom is -0.386 e. The molecule has 9 heavy (non-hydrogen) atoms. The fraction of sp³-hybridized carbons (Fsp3) is 0.833. The molecule has 0 unspecified atom stereocenters. The molecule has 0 saturated heterocycles. The van der Waals surface area contributed by atoms with Gasteiger partial charge in [-0.3, -0.25) is 4.99 Å². The van der Waals surface area contributed by atoms with Crippen LogP contribution >= 0.6 is 0 Å². The summed E-state index contributed by atoms with van der Waals surface area (Å²) in [6.07, 6.45) is 0. The van der Waals surface area contributed by atoms with Crippen molar-refractivity contribution in [3.63, 3.8) is 0 Å². The molecule has 0 aliphatic rings. The topological polar surface area (TPSA) is 64.4 Å². The Labute approximate surface area is 56.1 Å². The first-order valence-corrected chi connectivity index (χ1v) is 3.07. The Morgan fingerprint density at radius 1 is 1.56 bits per heavy atom. The molecule has 0 spiro atoms. The van der Waals surface area contributed by atoms with E-state index in [-0.39, 0.29) is 0 Å². The Hall–Kier alpha value is -0.570. The maximum absolute atomic E-state index is 5.61. The van der Waals surface area contributed by atoms with Gasteiger partial charge in [-0.15, -0.1) is 0 Å². The minimum atomic E-state index is -0.462. The predicted molar refractivity (Wildman–Crippen MR) is 40.4 cm³/mol. The lowest BCUT2D eigenvalue weighted by Crippen LogP contribution is -2.46. The Morgan fingerprint density at radius 3 is 2.11 bits per heavy atom. The van der Waals surface area contributed by atoms with Crippen LogP contribution in [0.2, 0.25) is 0 Å². The van der Waals surface area contributed by atoms with E-state index in [0.717, 1.165) is 0 Å². The zero-order valence-corrected chi connectivity index (χ0v) is 6.31. The fourth-order valence-electron chi connectivity index (χ4n) is 0.374. The van der Waals surface area contributed by atoms with Crippen LogP contribution in [0.15, 0.2) is 4.99 Å². The molecule has 3 heteroatoms. The highest BCUT2D eigenvalue weighted by atomic mass is 14.9. The van der Waals surface area contributed by atoms with Gasteiger partial charge >= 0.3 is 0 Å². The monoisotopic (exact) mass is 129 g/mol. The average molecular weight is 129 g/mol. The van der Waals surface area contributed by atoms with Crippen molar-refractivity contribution >= 4 is 5.84 Å². The van der Waals surface area contributed by atoms with Crippen molar-refractivity contribution in [2.75, 3.05) is 6.54 Å². The number of hydrogen-bond acceptors (Lipinski definition) is 2. The van der Waals surface area contributed by atoms with Gasteiger partial charge < -0.3 is 11.5 Å². The third-order valence-electron chi connectivity index (χ3n) is 0.989. The molecule has 0 aromatic rings. The highest BCUT2D eigenvalue weighted by Crippen LogP contribution is 1.94. The van der Waals surface area contributed by atoms with E-state index in [4.69, 9.17) is 11.5 Å². The summed E-state index contributed by atoms with van der Waals surface area (Å²) in [5.41, 5.74) is 10.6. The zero-order valence-electron chi connectivity index (χ0n) is 6.31. The molecule has 0 aromatic heterocycles. The van der Waals surface area contributed by atoms with E-state index < -0.39 is 5.54 Å². The molecule has 4 N–H and O–H groups in total. The highest BCUT2D eigenvalue weighted by molar-refractivity contribution is 5.88. The number of amidine groups is 1. The molecular formula is C6H15N3. The summed E-state index contributed by atoms with van der Waals surface area (Å²) in [5, 5.41) is 0. The van der Waals surface area contributed by atoms with Crippen molar-refractivity contribution in [3.05, 3.63) is 0 Å². The van der Waals surface area contributed by atoms with E-state index in [1.807, 2.05) is 20.8 Å². The Morgan fingerprint density at radius 2 is 2.00 bits per heavy atom. The summed E-state index contributed by atoms with van der Waals surface area (Å²) in [6.45, 7) is 6.30. The molecule has 0 saturated carbocycles. The standard InChI is InChI=1S/C6H15N3/c1-4-9-5(7)6(2,3)8/h4,8H2,1-3H3,(H2,7,9). The summed E-state index contributed by atoms with van der Waals surface area (Å²) in [7, 11) is 0. The number of rotatable bonds is 2. The van der Waals surface area contributed by atoms with Crippen molar-refractivity contribution < 1.29 is 0 Å². The third kappa shape index (κ3) is 3.08. The summed E-state index contributed by atoms with van der Waals surface area (Å²) < 4.78 is 0. The van der Waals surface area contributed by atoms with Gasteiger partial charge in [-0.25, -0.2) is 0 Å². The maximum Gasteiger partial charge on any atom is 0.113 e. The van der Waals surface area contributed by atoms with Crippen LogP contribution in [0.5, 0.6) is 0 Å². The first-order chi connectivity index (χ1) is 3.98. The molecule has 0 fully saturated rings. The van der Waals surface area contributed by atoms with Crippen LogP contribution in [0, 0.1) is 0 Å². The molecule has 0 bridgehead atoms. The molecule has 0 amide bonds. The summed E-state index contributed by atoms with van der Waals surface area (Å²) in [5.74, 6) is 0.519. The lowest BCUT2D eigenvalue weighted by molar-refractivity contribution is 0.687. The van der Waals surface area contributed by atoms with Crippen LogP contribution < -0.4 is 11.5 Å². The predicted octanol–water partition coefficient (Wildman–Crippen LogP) is 0.101. The van der Waals surface area contributed by atoms with E-state index in [2.05, 4.69) is 4.99 Å². The molecule has 0 aliphatic heterocycles. The van der Waals surface area contributed by atoms with Gasteiger partial charge in [-0.2, -0.15) is 0 Å². The van der Waals surface area contributed by atoms with Crippen LogP contribution in [-0.2, 0) is 0 Å². The Kier molecular flexibility index (Phi) is 2.65. The molecule has 0 rings (SSSR count). The van der Waals surface area contributed by atoms with Gasteiger partial charge in [0, 0.05) is 6.54 Å². The van der Waals surface area contributed by atoms with Crippen LogP contribution in [0.25, 0.3) is 0 Å². The molecule has 0 atom stereocenters. The van der Waals surface area contributed by atoms with Crippen molar-refractivity contribution in [3.8, 4) is 0 Å². The van der Waals surface area contributed by atoms with Gasteiger partial charge in [0.05, 0.1) is 5.54 Å². The molecular weight excluding hydrogens is 114 g/mol. The molecule has 0 aliphatic carbocycles. The van der Waals surface area contributed by atoms with Gasteiger partial charge in [0.15, 0.2) is 0 Å². The number of nitrogens with zero attached hydrogens (tertiary/aromatic N) is 1. The second-order valence-corrected chi connectivity index (χ2v) is 2.58. The number of aliphatic imine (C=N–C) groups is 1. The SMILES string of the molecule is CCN=C(N)C(C)(C)N. The molecule has 0 radical (unpaired) electrons. The van der Waals surface area contributed by atoms with Gasteiger partial charge in [0.2, 0.25) is 0 Å². The van der Waals surface area contributed by atoms with Crippen LogP contribution in [-0.4, -0.2) is 17.9 Å². The maximum atomic E-state index is 5.61. The van der Waals surface area contributed by atoms with Gasteiger partial charge in [0.1, 0.15) is 5.84 Å². The van der Waals surface area contributed by atoms with E-state index in [9.17, 15) is 0 Å². The molecule has 3 nitrogen and oxygen atoms in total. The largest absolute Gasteiger partial charge is 0.386 e. The van der Waals surface area contributed by atoms with E-state index >= 15 is 0 Å².